The molecule has 2 heterocycles. The van der Waals surface area contributed by atoms with Crippen molar-refractivity contribution in [2.24, 2.45) is 5.92 Å². The van der Waals surface area contributed by atoms with Crippen molar-refractivity contribution in [1.82, 2.24) is 4.90 Å². The third-order valence-corrected chi connectivity index (χ3v) is 4.73. The van der Waals surface area contributed by atoms with Crippen LogP contribution in [0, 0.1) is 5.92 Å². The summed E-state index contributed by atoms with van der Waals surface area (Å²) < 4.78 is 5.15. The number of methoxy groups -OCH3 is 1. The van der Waals surface area contributed by atoms with Gasteiger partial charge >= 0.3 is 0 Å². The summed E-state index contributed by atoms with van der Waals surface area (Å²) in [4.78, 5) is 27.8. The molecule has 0 saturated carbocycles. The Balaban J connectivity index is 1.98. The fourth-order valence-electron chi connectivity index (χ4n) is 2.69. The van der Waals surface area contributed by atoms with Gasteiger partial charge in [-0.2, -0.15) is 0 Å². The van der Waals surface area contributed by atoms with Gasteiger partial charge in [-0.25, -0.2) is 0 Å². The van der Waals surface area contributed by atoms with Crippen LogP contribution < -0.4 is 10.1 Å². The van der Waals surface area contributed by atoms with E-state index in [1.807, 2.05) is 43.5 Å². The Hall–Kier alpha value is -2.60. The predicted octanol–water partition coefficient (Wildman–Crippen LogP) is 3.60. The van der Waals surface area contributed by atoms with Crippen molar-refractivity contribution in [3.63, 3.8) is 0 Å². The fraction of sp³-hybridized carbons (Fsp3) is 0.263. The van der Waals surface area contributed by atoms with Crippen LogP contribution in [0.4, 0.5) is 5.69 Å². The van der Waals surface area contributed by atoms with Crippen molar-refractivity contribution in [1.29, 1.82) is 0 Å². The minimum atomic E-state index is -0.280. The molecule has 2 aromatic rings. The molecule has 130 valence electrons. The first-order valence-electron chi connectivity index (χ1n) is 8.06. The molecule has 0 unspecified atom stereocenters. The van der Waals surface area contributed by atoms with Crippen molar-refractivity contribution in [3.8, 4) is 5.75 Å². The van der Waals surface area contributed by atoms with Gasteiger partial charge in [-0.05, 0) is 41.6 Å². The van der Waals surface area contributed by atoms with Gasteiger partial charge in [0.15, 0.2) is 0 Å². The monoisotopic (exact) mass is 356 g/mol. The molecule has 0 bridgehead atoms. The van der Waals surface area contributed by atoms with Crippen LogP contribution in [0.25, 0.3) is 5.57 Å². The molecule has 0 spiro atoms. The van der Waals surface area contributed by atoms with Gasteiger partial charge in [0.1, 0.15) is 11.4 Å². The largest absolute Gasteiger partial charge is 0.497 e. The van der Waals surface area contributed by atoms with Crippen LogP contribution in [0.5, 0.6) is 5.75 Å². The van der Waals surface area contributed by atoms with E-state index in [1.54, 1.807) is 19.2 Å². The number of thiophene rings is 1. The van der Waals surface area contributed by atoms with Crippen molar-refractivity contribution in [2.45, 2.75) is 13.8 Å². The summed E-state index contributed by atoms with van der Waals surface area (Å²) in [7, 11) is 1.60. The summed E-state index contributed by atoms with van der Waals surface area (Å²) in [6.45, 7) is 4.38. The molecule has 1 aliphatic rings. The molecule has 0 atom stereocenters. The van der Waals surface area contributed by atoms with E-state index in [1.165, 1.54) is 16.2 Å². The van der Waals surface area contributed by atoms with E-state index in [2.05, 4.69) is 5.32 Å². The zero-order valence-electron chi connectivity index (χ0n) is 14.4. The van der Waals surface area contributed by atoms with Gasteiger partial charge in [-0.15, -0.1) is 11.3 Å². The molecule has 1 aromatic heterocycles. The Kier molecular flexibility index (Phi) is 4.90. The first-order valence-corrected chi connectivity index (χ1v) is 8.94. The first-order chi connectivity index (χ1) is 12.0. The number of ether oxygens (including phenoxy) is 1. The van der Waals surface area contributed by atoms with Gasteiger partial charge < -0.3 is 10.1 Å². The van der Waals surface area contributed by atoms with Gasteiger partial charge in [0.05, 0.1) is 12.7 Å². The molecule has 0 saturated heterocycles. The quantitative estimate of drug-likeness (QED) is 0.804. The molecule has 2 amide bonds. The SMILES string of the molecule is COc1ccc(NC2=C(c3cccs3)C(=O)N(CC(C)C)C2=O)cc1. The Morgan fingerprint density at radius 2 is 1.84 bits per heavy atom. The third-order valence-electron chi connectivity index (χ3n) is 3.84. The van der Waals surface area contributed by atoms with Crippen LogP contribution >= 0.6 is 11.3 Å². The summed E-state index contributed by atoms with van der Waals surface area (Å²) in [5.74, 6) is 0.418. The molecule has 0 radical (unpaired) electrons. The number of imide groups is 1. The summed E-state index contributed by atoms with van der Waals surface area (Å²) >= 11 is 1.45. The topological polar surface area (TPSA) is 58.6 Å². The van der Waals surface area contributed by atoms with Crippen molar-refractivity contribution >= 4 is 34.4 Å². The van der Waals surface area contributed by atoms with Gasteiger partial charge in [0, 0.05) is 17.1 Å². The predicted molar refractivity (Wildman–Crippen MR) is 99.4 cm³/mol. The highest BCUT2D eigenvalue weighted by Gasteiger charge is 2.39. The van der Waals surface area contributed by atoms with Gasteiger partial charge in [0.25, 0.3) is 11.8 Å². The Bertz CT molecular complexity index is 808. The lowest BCUT2D eigenvalue weighted by atomic mass is 10.1. The highest BCUT2D eigenvalue weighted by atomic mass is 32.1. The number of carbonyl (C=O) groups excluding carboxylic acids is 2. The molecule has 1 aliphatic heterocycles. The molecule has 3 rings (SSSR count). The van der Waals surface area contributed by atoms with E-state index >= 15 is 0 Å². The maximum Gasteiger partial charge on any atom is 0.278 e. The number of nitrogens with one attached hydrogen (secondary N) is 1. The number of benzene rings is 1. The second-order valence-corrected chi connectivity index (χ2v) is 7.14. The second-order valence-electron chi connectivity index (χ2n) is 6.20. The average molecular weight is 356 g/mol. The van der Waals surface area contributed by atoms with Crippen LogP contribution in [0.2, 0.25) is 0 Å². The van der Waals surface area contributed by atoms with Gasteiger partial charge in [-0.3, -0.25) is 14.5 Å². The molecule has 5 nitrogen and oxygen atoms in total. The Labute approximate surface area is 150 Å². The second kappa shape index (κ2) is 7.11. The zero-order valence-corrected chi connectivity index (χ0v) is 15.2. The maximum absolute atomic E-state index is 12.8. The summed E-state index contributed by atoms with van der Waals surface area (Å²) in [6, 6.07) is 11.0. The lowest BCUT2D eigenvalue weighted by molar-refractivity contribution is -0.137. The summed E-state index contributed by atoms with van der Waals surface area (Å²) in [5.41, 5.74) is 1.51. The number of carbonyl (C=O) groups is 2. The van der Waals surface area contributed by atoms with E-state index in [-0.39, 0.29) is 17.7 Å². The number of amides is 2. The highest BCUT2D eigenvalue weighted by Crippen LogP contribution is 2.33. The van der Waals surface area contributed by atoms with E-state index in [0.29, 0.717) is 17.8 Å². The lowest BCUT2D eigenvalue weighted by Gasteiger charge is -2.17. The van der Waals surface area contributed by atoms with Crippen LogP contribution in [0.1, 0.15) is 18.7 Å². The van der Waals surface area contributed by atoms with Crippen molar-refractivity contribution in [3.05, 3.63) is 52.4 Å². The minimum Gasteiger partial charge on any atom is -0.497 e. The van der Waals surface area contributed by atoms with E-state index < -0.39 is 0 Å². The van der Waals surface area contributed by atoms with Crippen LogP contribution in [-0.2, 0) is 9.59 Å². The summed E-state index contributed by atoms with van der Waals surface area (Å²) in [6.07, 6.45) is 0. The zero-order chi connectivity index (χ0) is 18.0. The first kappa shape index (κ1) is 17.2. The number of rotatable bonds is 6. The summed E-state index contributed by atoms with van der Waals surface area (Å²) in [5, 5.41) is 5.03. The van der Waals surface area contributed by atoms with Crippen LogP contribution in [0.15, 0.2) is 47.5 Å². The molecular formula is C19H20N2O3S. The number of hydrogen-bond donors (Lipinski definition) is 1. The molecular weight excluding hydrogens is 336 g/mol. The number of nitrogens with zero attached hydrogens (tertiary/aromatic N) is 1. The molecule has 1 N–H and O–H groups in total. The van der Waals surface area contributed by atoms with Crippen LogP contribution in [-0.4, -0.2) is 30.4 Å². The lowest BCUT2D eigenvalue weighted by Crippen LogP contribution is -2.35. The van der Waals surface area contributed by atoms with E-state index in [4.69, 9.17) is 4.74 Å². The normalized spacial score (nSPS) is 14.6. The smallest absolute Gasteiger partial charge is 0.278 e. The number of anilines is 1. The average Bonchev–Trinajstić information content (AvgIpc) is 3.19. The number of hydrogen-bond acceptors (Lipinski definition) is 5. The van der Waals surface area contributed by atoms with Crippen molar-refractivity contribution < 1.29 is 14.3 Å². The Morgan fingerprint density at radius 3 is 2.40 bits per heavy atom. The highest BCUT2D eigenvalue weighted by molar-refractivity contribution is 7.11. The molecule has 25 heavy (non-hydrogen) atoms. The van der Waals surface area contributed by atoms with Crippen molar-refractivity contribution in [2.75, 3.05) is 19.0 Å². The maximum atomic E-state index is 12.8. The van der Waals surface area contributed by atoms with Gasteiger partial charge in [-0.1, -0.05) is 19.9 Å². The van der Waals surface area contributed by atoms with E-state index in [0.717, 1.165) is 16.3 Å². The van der Waals surface area contributed by atoms with Gasteiger partial charge in [0.2, 0.25) is 0 Å². The van der Waals surface area contributed by atoms with E-state index in [9.17, 15) is 9.59 Å². The third kappa shape index (κ3) is 3.44. The molecule has 6 heteroatoms. The minimum absolute atomic E-state index is 0.206. The Morgan fingerprint density at radius 1 is 1.12 bits per heavy atom. The fourth-order valence-corrected chi connectivity index (χ4v) is 3.46. The molecule has 0 fully saturated rings. The molecule has 0 aliphatic carbocycles. The molecule has 1 aromatic carbocycles. The standard InChI is InChI=1S/C19H20N2O3S/c1-12(2)11-21-18(22)16(15-5-4-10-25-15)17(19(21)23)20-13-6-8-14(24-3)9-7-13/h4-10,12,20H,11H2,1-3H3. The van der Waals surface area contributed by atoms with Crippen LogP contribution in [0.3, 0.4) is 0 Å².